The lowest BCUT2D eigenvalue weighted by atomic mass is 10.3. The molecule has 0 unspecified atom stereocenters. The fraction of sp³-hybridized carbons (Fsp3) is 0.188. The van der Waals surface area contributed by atoms with E-state index in [1.807, 2.05) is 28.9 Å². The van der Waals surface area contributed by atoms with E-state index in [1.165, 1.54) is 4.88 Å². The summed E-state index contributed by atoms with van der Waals surface area (Å²) in [6, 6.07) is 5.90. The molecule has 0 bridgehead atoms. The van der Waals surface area contributed by atoms with E-state index < -0.39 is 0 Å². The third-order valence-corrected chi connectivity index (χ3v) is 5.04. The molecule has 4 aromatic heterocycles. The Hall–Kier alpha value is -2.18. The topological polar surface area (TPSA) is 55.1 Å². The van der Waals surface area contributed by atoms with Crippen LogP contribution in [0.4, 0.5) is 5.82 Å². The van der Waals surface area contributed by atoms with Crippen LogP contribution >= 0.6 is 22.9 Å². The number of nitrogens with one attached hydrogen (secondary N) is 1. The van der Waals surface area contributed by atoms with Crippen LogP contribution in [0.5, 0.6) is 0 Å². The van der Waals surface area contributed by atoms with Gasteiger partial charge in [-0.3, -0.25) is 0 Å². The van der Waals surface area contributed by atoms with Crippen LogP contribution in [0.1, 0.15) is 17.5 Å². The molecular formula is C16H14ClN5S. The van der Waals surface area contributed by atoms with E-state index in [4.69, 9.17) is 11.6 Å². The molecule has 0 spiro atoms. The second-order valence-electron chi connectivity index (χ2n) is 5.21. The first-order valence-corrected chi connectivity index (χ1v) is 8.53. The van der Waals surface area contributed by atoms with Gasteiger partial charge in [0.15, 0.2) is 0 Å². The van der Waals surface area contributed by atoms with Crippen molar-refractivity contribution in [3.05, 3.63) is 52.5 Å². The molecule has 23 heavy (non-hydrogen) atoms. The van der Waals surface area contributed by atoms with Crippen molar-refractivity contribution < 1.29 is 0 Å². The molecule has 0 saturated heterocycles. The largest absolute Gasteiger partial charge is 0.364 e. The van der Waals surface area contributed by atoms with Gasteiger partial charge in [-0.05, 0) is 24.6 Å². The lowest BCUT2D eigenvalue weighted by Gasteiger charge is -2.03. The number of hydrogen-bond donors (Lipinski definition) is 1. The summed E-state index contributed by atoms with van der Waals surface area (Å²) in [6.07, 6.45) is 6.43. The van der Waals surface area contributed by atoms with Crippen LogP contribution in [-0.4, -0.2) is 19.4 Å². The maximum Gasteiger partial charge on any atom is 0.138 e. The monoisotopic (exact) mass is 343 g/mol. The van der Waals surface area contributed by atoms with Gasteiger partial charge in [-0.1, -0.05) is 18.5 Å². The molecule has 116 valence electrons. The highest BCUT2D eigenvalue weighted by atomic mass is 35.5. The zero-order valence-corrected chi connectivity index (χ0v) is 14.0. The molecule has 4 heterocycles. The van der Waals surface area contributed by atoms with Crippen LogP contribution in [-0.2, 0) is 13.0 Å². The average molecular weight is 344 g/mol. The molecule has 4 rings (SSSR count). The number of aryl methyl sites for hydroxylation is 1. The maximum atomic E-state index is 6.00. The minimum atomic E-state index is 0.600. The molecule has 0 atom stereocenters. The van der Waals surface area contributed by atoms with E-state index in [0.29, 0.717) is 11.6 Å². The molecule has 0 aromatic carbocycles. The highest BCUT2D eigenvalue weighted by Gasteiger charge is 2.09. The number of imidazole rings is 1. The summed E-state index contributed by atoms with van der Waals surface area (Å²) in [7, 11) is 0. The molecule has 0 aliphatic heterocycles. The molecule has 0 fully saturated rings. The highest BCUT2D eigenvalue weighted by Crippen LogP contribution is 2.28. The van der Waals surface area contributed by atoms with Crippen molar-refractivity contribution >= 4 is 44.6 Å². The van der Waals surface area contributed by atoms with Crippen molar-refractivity contribution in [1.82, 2.24) is 19.4 Å². The SMILES string of the molecule is CCc1cc2c(NCc3cn4cc(Cl)ccc4n3)ncnc2s1. The molecular weight excluding hydrogens is 330 g/mol. The van der Waals surface area contributed by atoms with Crippen LogP contribution in [0.25, 0.3) is 15.9 Å². The van der Waals surface area contributed by atoms with Crippen molar-refractivity contribution in [3.8, 4) is 0 Å². The van der Waals surface area contributed by atoms with Gasteiger partial charge in [-0.15, -0.1) is 11.3 Å². The maximum absolute atomic E-state index is 6.00. The zero-order valence-electron chi connectivity index (χ0n) is 12.5. The summed E-state index contributed by atoms with van der Waals surface area (Å²) in [4.78, 5) is 15.6. The smallest absolute Gasteiger partial charge is 0.138 e. The molecule has 1 N–H and O–H groups in total. The molecule has 0 radical (unpaired) electrons. The van der Waals surface area contributed by atoms with E-state index >= 15 is 0 Å². The second-order valence-corrected chi connectivity index (χ2v) is 6.76. The molecule has 7 heteroatoms. The second kappa shape index (κ2) is 5.79. The van der Waals surface area contributed by atoms with Crippen LogP contribution in [0, 0.1) is 0 Å². The molecule has 0 saturated carbocycles. The lowest BCUT2D eigenvalue weighted by Crippen LogP contribution is -2.02. The summed E-state index contributed by atoms with van der Waals surface area (Å²) in [5.41, 5.74) is 1.81. The van der Waals surface area contributed by atoms with Gasteiger partial charge in [0.1, 0.15) is 22.6 Å². The van der Waals surface area contributed by atoms with Crippen molar-refractivity contribution in [2.24, 2.45) is 0 Å². The quantitative estimate of drug-likeness (QED) is 0.604. The predicted octanol–water partition coefficient (Wildman–Crippen LogP) is 4.17. The zero-order chi connectivity index (χ0) is 15.8. The van der Waals surface area contributed by atoms with Gasteiger partial charge >= 0.3 is 0 Å². The highest BCUT2D eigenvalue weighted by molar-refractivity contribution is 7.18. The summed E-state index contributed by atoms with van der Waals surface area (Å²) >= 11 is 7.72. The first-order valence-electron chi connectivity index (χ1n) is 7.33. The standard InChI is InChI=1S/C16H14ClN5S/c1-2-12-5-13-15(19-9-20-16(13)23-12)18-6-11-8-22-7-10(17)3-4-14(22)21-11/h3-5,7-9H,2,6H2,1H3,(H,18,19,20). The summed E-state index contributed by atoms with van der Waals surface area (Å²) in [5, 5.41) is 5.13. The Morgan fingerprint density at radius 2 is 2.17 bits per heavy atom. The van der Waals surface area contributed by atoms with Gasteiger partial charge in [0.2, 0.25) is 0 Å². The van der Waals surface area contributed by atoms with Crippen LogP contribution in [0.2, 0.25) is 5.02 Å². The number of halogens is 1. The van der Waals surface area contributed by atoms with Gasteiger partial charge in [0.05, 0.1) is 22.6 Å². The molecule has 0 aliphatic rings. The number of fused-ring (bicyclic) bond motifs is 2. The van der Waals surface area contributed by atoms with Crippen molar-refractivity contribution in [1.29, 1.82) is 0 Å². The van der Waals surface area contributed by atoms with E-state index in [-0.39, 0.29) is 0 Å². The summed E-state index contributed by atoms with van der Waals surface area (Å²) in [6.45, 7) is 2.75. The van der Waals surface area contributed by atoms with Gasteiger partial charge < -0.3 is 9.72 Å². The Balaban J connectivity index is 1.61. The average Bonchev–Trinajstić information content (AvgIpc) is 3.15. The van der Waals surface area contributed by atoms with E-state index in [9.17, 15) is 0 Å². The van der Waals surface area contributed by atoms with Gasteiger partial charge in [0.25, 0.3) is 0 Å². The Morgan fingerprint density at radius 3 is 3.04 bits per heavy atom. The summed E-state index contributed by atoms with van der Waals surface area (Å²) in [5.74, 6) is 0.848. The van der Waals surface area contributed by atoms with E-state index in [0.717, 1.165) is 33.8 Å². The number of pyridine rings is 1. The van der Waals surface area contributed by atoms with Gasteiger partial charge in [-0.2, -0.15) is 0 Å². The normalized spacial score (nSPS) is 11.4. The fourth-order valence-electron chi connectivity index (χ4n) is 2.50. The molecule has 5 nitrogen and oxygen atoms in total. The lowest BCUT2D eigenvalue weighted by molar-refractivity contribution is 1.06. The minimum Gasteiger partial charge on any atom is -0.364 e. The Bertz CT molecular complexity index is 991. The molecule has 0 aliphatic carbocycles. The van der Waals surface area contributed by atoms with E-state index in [1.54, 1.807) is 17.7 Å². The van der Waals surface area contributed by atoms with Gasteiger partial charge in [-0.25, -0.2) is 15.0 Å². The number of anilines is 1. The third-order valence-electron chi connectivity index (χ3n) is 3.63. The summed E-state index contributed by atoms with van der Waals surface area (Å²) < 4.78 is 1.93. The van der Waals surface area contributed by atoms with Crippen molar-refractivity contribution in [2.45, 2.75) is 19.9 Å². The number of rotatable bonds is 4. The number of aromatic nitrogens is 4. The predicted molar refractivity (Wildman–Crippen MR) is 94.3 cm³/mol. The first-order chi connectivity index (χ1) is 11.2. The Labute approximate surface area is 142 Å². The first kappa shape index (κ1) is 14.4. The fourth-order valence-corrected chi connectivity index (χ4v) is 3.60. The molecule has 0 amide bonds. The molecule has 4 aromatic rings. The van der Waals surface area contributed by atoms with E-state index in [2.05, 4.69) is 33.3 Å². The van der Waals surface area contributed by atoms with Crippen LogP contribution < -0.4 is 5.32 Å². The number of nitrogens with zero attached hydrogens (tertiary/aromatic N) is 4. The van der Waals surface area contributed by atoms with Crippen LogP contribution in [0.15, 0.2) is 36.9 Å². The third kappa shape index (κ3) is 2.75. The van der Waals surface area contributed by atoms with Crippen molar-refractivity contribution in [3.63, 3.8) is 0 Å². The number of thiophene rings is 1. The Morgan fingerprint density at radius 1 is 1.26 bits per heavy atom. The number of hydrogen-bond acceptors (Lipinski definition) is 5. The minimum absolute atomic E-state index is 0.600. The Kier molecular flexibility index (Phi) is 3.63. The van der Waals surface area contributed by atoms with Crippen molar-refractivity contribution in [2.75, 3.05) is 5.32 Å². The van der Waals surface area contributed by atoms with Crippen LogP contribution in [0.3, 0.4) is 0 Å². The van der Waals surface area contributed by atoms with Gasteiger partial charge in [0, 0.05) is 17.3 Å².